The van der Waals surface area contributed by atoms with E-state index in [4.69, 9.17) is 0 Å². The number of aryl methyl sites for hydroxylation is 2. The molecule has 27 heavy (non-hydrogen) atoms. The molecular formula is C19H24BrN7. The maximum absolute atomic E-state index is 4.53. The molecule has 0 saturated heterocycles. The summed E-state index contributed by atoms with van der Waals surface area (Å²) in [6.07, 6.45) is 7.61. The highest BCUT2D eigenvalue weighted by Gasteiger charge is 2.10. The third-order valence-corrected chi connectivity index (χ3v) is 4.81. The van der Waals surface area contributed by atoms with Crippen LogP contribution < -0.4 is 5.32 Å². The molecule has 0 atom stereocenters. The van der Waals surface area contributed by atoms with Crippen molar-refractivity contribution in [1.82, 2.24) is 29.3 Å². The van der Waals surface area contributed by atoms with Gasteiger partial charge in [-0.1, -0.05) is 6.07 Å². The Hall–Kier alpha value is -2.61. The number of nitrogens with one attached hydrogen (secondary N) is 1. The number of rotatable bonds is 5. The molecular weight excluding hydrogens is 406 g/mol. The highest BCUT2D eigenvalue weighted by Crippen LogP contribution is 2.15. The third-order valence-electron chi connectivity index (χ3n) is 4.38. The Morgan fingerprint density at radius 3 is 2.70 bits per heavy atom. The number of imidazole rings is 1. The second-order valence-corrected chi connectivity index (χ2v) is 7.30. The first-order valence-electron chi connectivity index (χ1n) is 8.65. The molecule has 0 aliphatic rings. The van der Waals surface area contributed by atoms with Crippen molar-refractivity contribution >= 4 is 21.9 Å². The smallest absolute Gasteiger partial charge is 0.194 e. The zero-order valence-electron chi connectivity index (χ0n) is 16.0. The van der Waals surface area contributed by atoms with Gasteiger partial charge in [0.1, 0.15) is 11.6 Å². The number of nitrogens with zero attached hydrogens (tertiary/aromatic N) is 6. The molecule has 0 amide bonds. The molecule has 0 radical (unpaired) electrons. The van der Waals surface area contributed by atoms with E-state index in [1.807, 2.05) is 44.0 Å². The average molecular weight is 430 g/mol. The number of aromatic nitrogens is 4. The minimum Gasteiger partial charge on any atom is -0.352 e. The Morgan fingerprint density at radius 2 is 2.15 bits per heavy atom. The summed E-state index contributed by atoms with van der Waals surface area (Å²) in [4.78, 5) is 15.2. The molecule has 0 aromatic carbocycles. The van der Waals surface area contributed by atoms with Gasteiger partial charge in [0.25, 0.3) is 0 Å². The zero-order chi connectivity index (χ0) is 19.4. The lowest BCUT2D eigenvalue weighted by molar-refractivity contribution is 0.461. The van der Waals surface area contributed by atoms with Gasteiger partial charge in [0, 0.05) is 62.6 Å². The highest BCUT2D eigenvalue weighted by atomic mass is 79.9. The van der Waals surface area contributed by atoms with Crippen LogP contribution in [-0.4, -0.2) is 44.1 Å². The van der Waals surface area contributed by atoms with E-state index in [0.29, 0.717) is 6.54 Å². The van der Waals surface area contributed by atoms with Crippen LogP contribution in [0.5, 0.6) is 0 Å². The van der Waals surface area contributed by atoms with Gasteiger partial charge in [0.2, 0.25) is 0 Å². The fourth-order valence-electron chi connectivity index (χ4n) is 2.89. The molecule has 8 heteroatoms. The molecule has 3 heterocycles. The fourth-order valence-corrected chi connectivity index (χ4v) is 3.46. The van der Waals surface area contributed by atoms with Gasteiger partial charge in [-0.15, -0.1) is 0 Å². The number of pyridine rings is 1. The van der Waals surface area contributed by atoms with Crippen LogP contribution in [-0.2, 0) is 20.1 Å². The Labute approximate surface area is 167 Å². The number of hydrogen-bond acceptors (Lipinski definition) is 3. The minimum atomic E-state index is 0.657. The van der Waals surface area contributed by atoms with Gasteiger partial charge >= 0.3 is 0 Å². The van der Waals surface area contributed by atoms with Gasteiger partial charge in [-0.3, -0.25) is 9.56 Å². The lowest BCUT2D eigenvalue weighted by Gasteiger charge is -2.22. The van der Waals surface area contributed by atoms with E-state index in [0.717, 1.165) is 34.2 Å². The Bertz CT molecular complexity index is 924. The summed E-state index contributed by atoms with van der Waals surface area (Å²) in [7, 11) is 5.86. The van der Waals surface area contributed by atoms with E-state index in [9.17, 15) is 0 Å². The molecule has 0 fully saturated rings. The maximum atomic E-state index is 4.53. The van der Waals surface area contributed by atoms with Crippen LogP contribution in [0.4, 0.5) is 0 Å². The van der Waals surface area contributed by atoms with Gasteiger partial charge in [-0.25, -0.2) is 9.97 Å². The third kappa shape index (κ3) is 4.57. The largest absolute Gasteiger partial charge is 0.352 e. The van der Waals surface area contributed by atoms with Gasteiger partial charge in [0.05, 0.1) is 6.54 Å². The van der Waals surface area contributed by atoms with Crippen molar-refractivity contribution in [2.45, 2.75) is 20.0 Å². The van der Waals surface area contributed by atoms with E-state index in [-0.39, 0.29) is 0 Å². The number of aliphatic imine (C=N–C) groups is 1. The topological polar surface area (TPSA) is 63.3 Å². The summed E-state index contributed by atoms with van der Waals surface area (Å²) in [6.45, 7) is 3.38. The van der Waals surface area contributed by atoms with Crippen LogP contribution in [0, 0.1) is 6.92 Å². The SMILES string of the molecule is CN=C(NCc1ccc(-n2ccnc2C)nc1)N(C)Cc1cc(Br)cn1C. The summed E-state index contributed by atoms with van der Waals surface area (Å²) in [5.74, 6) is 2.62. The second kappa shape index (κ2) is 8.39. The summed E-state index contributed by atoms with van der Waals surface area (Å²) < 4.78 is 5.15. The van der Waals surface area contributed by atoms with E-state index < -0.39 is 0 Å². The van der Waals surface area contributed by atoms with Crippen LogP contribution in [0.25, 0.3) is 5.82 Å². The second-order valence-electron chi connectivity index (χ2n) is 6.39. The van der Waals surface area contributed by atoms with Crippen LogP contribution >= 0.6 is 15.9 Å². The zero-order valence-corrected chi connectivity index (χ0v) is 17.6. The van der Waals surface area contributed by atoms with Crippen molar-refractivity contribution in [3.8, 4) is 5.82 Å². The molecule has 142 valence electrons. The van der Waals surface area contributed by atoms with Crippen molar-refractivity contribution in [1.29, 1.82) is 0 Å². The summed E-state index contributed by atoms with van der Waals surface area (Å²) in [5.41, 5.74) is 2.29. The van der Waals surface area contributed by atoms with Crippen molar-refractivity contribution in [2.75, 3.05) is 14.1 Å². The molecule has 1 N–H and O–H groups in total. The summed E-state index contributed by atoms with van der Waals surface area (Å²) >= 11 is 3.51. The van der Waals surface area contributed by atoms with Crippen molar-refractivity contribution in [3.63, 3.8) is 0 Å². The fraction of sp³-hybridized carbons (Fsp3) is 0.316. The van der Waals surface area contributed by atoms with Crippen LogP contribution in [0.15, 0.2) is 52.5 Å². The van der Waals surface area contributed by atoms with Crippen LogP contribution in [0.3, 0.4) is 0 Å². The lowest BCUT2D eigenvalue weighted by atomic mass is 10.3. The molecule has 0 aliphatic carbocycles. The molecule has 0 bridgehead atoms. The maximum Gasteiger partial charge on any atom is 0.194 e. The van der Waals surface area contributed by atoms with Gasteiger partial charge in [-0.2, -0.15) is 0 Å². The van der Waals surface area contributed by atoms with Crippen LogP contribution in [0.2, 0.25) is 0 Å². The lowest BCUT2D eigenvalue weighted by Crippen LogP contribution is -2.38. The van der Waals surface area contributed by atoms with Crippen molar-refractivity contribution < 1.29 is 0 Å². The normalized spacial score (nSPS) is 11.7. The first-order chi connectivity index (χ1) is 13.0. The quantitative estimate of drug-likeness (QED) is 0.500. The molecule has 3 aromatic heterocycles. The van der Waals surface area contributed by atoms with Crippen molar-refractivity contribution in [3.05, 3.63) is 64.5 Å². The number of halogens is 1. The van der Waals surface area contributed by atoms with Gasteiger partial charge in [-0.05, 0) is 40.5 Å². The molecule has 3 rings (SSSR count). The summed E-state index contributed by atoms with van der Waals surface area (Å²) in [6, 6.07) is 6.18. The Morgan fingerprint density at radius 1 is 1.33 bits per heavy atom. The number of hydrogen-bond donors (Lipinski definition) is 1. The Kier molecular flexibility index (Phi) is 5.95. The van der Waals surface area contributed by atoms with E-state index in [1.165, 1.54) is 5.69 Å². The minimum absolute atomic E-state index is 0.657. The molecule has 7 nitrogen and oxygen atoms in total. The van der Waals surface area contributed by atoms with Crippen molar-refractivity contribution in [2.24, 2.45) is 12.0 Å². The first-order valence-corrected chi connectivity index (χ1v) is 9.45. The molecule has 0 spiro atoms. The molecule has 3 aromatic rings. The Balaban J connectivity index is 1.60. The van der Waals surface area contributed by atoms with E-state index >= 15 is 0 Å². The first kappa shape index (κ1) is 19.2. The van der Waals surface area contributed by atoms with Gasteiger partial charge < -0.3 is 14.8 Å². The van der Waals surface area contributed by atoms with E-state index in [2.05, 4.69) is 64.0 Å². The standard InChI is InChI=1S/C19H24BrN7/c1-14-22-7-8-27(14)18-6-5-15(10-23-18)11-24-19(21-2)26(4)13-17-9-16(20)12-25(17)3/h5-10,12H,11,13H2,1-4H3,(H,21,24). The summed E-state index contributed by atoms with van der Waals surface area (Å²) in [5, 5.41) is 3.39. The monoisotopic (exact) mass is 429 g/mol. The highest BCUT2D eigenvalue weighted by molar-refractivity contribution is 9.10. The molecule has 0 saturated carbocycles. The van der Waals surface area contributed by atoms with E-state index in [1.54, 1.807) is 13.2 Å². The predicted octanol–water partition coefficient (Wildman–Crippen LogP) is 2.88. The number of guanidine groups is 1. The van der Waals surface area contributed by atoms with Gasteiger partial charge in [0.15, 0.2) is 5.96 Å². The average Bonchev–Trinajstić information content (AvgIpc) is 3.21. The predicted molar refractivity (Wildman–Crippen MR) is 111 cm³/mol. The molecule has 0 unspecified atom stereocenters. The molecule has 0 aliphatic heterocycles. The van der Waals surface area contributed by atoms with Crippen LogP contribution in [0.1, 0.15) is 17.1 Å².